The second-order valence-corrected chi connectivity index (χ2v) is 8.81. The molecule has 0 aliphatic carbocycles. The summed E-state index contributed by atoms with van der Waals surface area (Å²) in [6.45, 7) is 12.6. The Bertz CT molecular complexity index is 554. The summed E-state index contributed by atoms with van der Waals surface area (Å²) in [6.07, 6.45) is 0.746. The molecule has 0 saturated heterocycles. The van der Waals surface area contributed by atoms with Crippen LogP contribution in [-0.2, 0) is 10.0 Å². The predicted molar refractivity (Wildman–Crippen MR) is 86.1 cm³/mol. The molecule has 1 rings (SSSR count). The smallest absolute Gasteiger partial charge is 0.241 e. The van der Waals surface area contributed by atoms with E-state index >= 15 is 0 Å². The highest BCUT2D eigenvalue weighted by Crippen LogP contribution is 2.28. The van der Waals surface area contributed by atoms with Crippen LogP contribution in [0.25, 0.3) is 0 Å². The third-order valence-electron chi connectivity index (χ3n) is 2.83. The minimum Gasteiger partial charge on any atom is -0.494 e. The lowest BCUT2D eigenvalue weighted by Crippen LogP contribution is -2.45. The van der Waals surface area contributed by atoms with E-state index in [2.05, 4.69) is 25.5 Å². The van der Waals surface area contributed by atoms with E-state index in [4.69, 9.17) is 4.74 Å². The quantitative estimate of drug-likeness (QED) is 0.873. The van der Waals surface area contributed by atoms with E-state index in [1.807, 2.05) is 20.8 Å². The van der Waals surface area contributed by atoms with Gasteiger partial charge in [-0.2, -0.15) is 0 Å². The Balaban J connectivity index is 2.90. The zero-order valence-corrected chi connectivity index (χ0v) is 14.7. The molecule has 0 amide bonds. The predicted octanol–water partition coefficient (Wildman–Crippen LogP) is 3.58. The molecule has 0 saturated carbocycles. The largest absolute Gasteiger partial charge is 0.494 e. The van der Waals surface area contributed by atoms with Crippen LogP contribution in [0.3, 0.4) is 0 Å². The van der Waals surface area contributed by atoms with Gasteiger partial charge < -0.3 is 4.74 Å². The number of sulfonamides is 1. The van der Waals surface area contributed by atoms with E-state index in [0.717, 1.165) is 6.42 Å². The summed E-state index contributed by atoms with van der Waals surface area (Å²) in [5.41, 5.74) is -0.458. The second-order valence-electron chi connectivity index (χ2n) is 7.13. The maximum atomic E-state index is 12.5. The molecule has 0 unspecified atom stereocenters. The summed E-state index contributed by atoms with van der Waals surface area (Å²) in [4.78, 5) is 0.257. The summed E-state index contributed by atoms with van der Waals surface area (Å²) in [5.74, 6) is 0.672. The van der Waals surface area contributed by atoms with Gasteiger partial charge in [-0.25, -0.2) is 13.1 Å². The summed E-state index contributed by atoms with van der Waals surface area (Å²) < 4.78 is 33.0. The van der Waals surface area contributed by atoms with Crippen LogP contribution in [0, 0.1) is 5.41 Å². The molecule has 1 N–H and O–H groups in total. The highest BCUT2D eigenvalue weighted by Gasteiger charge is 2.30. The molecule has 0 aliphatic rings. The van der Waals surface area contributed by atoms with Crippen LogP contribution in [0.1, 0.15) is 48.0 Å². The molecule has 0 aliphatic heterocycles. The lowest BCUT2D eigenvalue weighted by Gasteiger charge is -2.33. The van der Waals surface area contributed by atoms with Crippen LogP contribution in [0.5, 0.6) is 5.75 Å². The first-order valence-electron chi connectivity index (χ1n) is 7.22. The summed E-state index contributed by atoms with van der Waals surface area (Å²) >= 11 is 0. The van der Waals surface area contributed by atoms with Crippen LogP contribution in [0.4, 0.5) is 0 Å². The van der Waals surface area contributed by atoms with Crippen molar-refractivity contribution in [3.63, 3.8) is 0 Å². The number of hydrogen-bond donors (Lipinski definition) is 1. The molecule has 0 aromatic heterocycles. The van der Waals surface area contributed by atoms with Gasteiger partial charge in [0.25, 0.3) is 0 Å². The number of rotatable bonds is 6. The Morgan fingerprint density at radius 2 is 1.57 bits per heavy atom. The van der Waals surface area contributed by atoms with E-state index in [9.17, 15) is 8.42 Å². The molecular weight excluding hydrogens is 286 g/mol. The monoisotopic (exact) mass is 313 g/mol. The summed E-state index contributed by atoms with van der Waals surface area (Å²) in [7, 11) is -3.53. The van der Waals surface area contributed by atoms with E-state index in [1.165, 1.54) is 0 Å². The van der Waals surface area contributed by atoms with Crippen LogP contribution in [0.2, 0.25) is 0 Å². The lowest BCUT2D eigenvalue weighted by atomic mass is 9.82. The van der Waals surface area contributed by atoms with E-state index in [1.54, 1.807) is 24.3 Å². The van der Waals surface area contributed by atoms with E-state index < -0.39 is 15.6 Å². The average Bonchev–Trinajstić information content (AvgIpc) is 2.25. The Kier molecular flexibility index (Phi) is 5.45. The average molecular weight is 313 g/mol. The van der Waals surface area contributed by atoms with Gasteiger partial charge in [-0.1, -0.05) is 20.8 Å². The lowest BCUT2D eigenvalue weighted by molar-refractivity contribution is 0.269. The van der Waals surface area contributed by atoms with Crippen LogP contribution in [0.15, 0.2) is 29.2 Å². The standard InChI is InChI=1S/C16H27NO3S/c1-7-20-13-8-10-14(11-9-13)21(18,19)17-16(5,6)12-15(2,3)4/h8-11,17H,7,12H2,1-6H3. The first kappa shape index (κ1) is 18.0. The van der Waals surface area contributed by atoms with Crippen molar-refractivity contribution in [2.24, 2.45) is 5.41 Å². The molecule has 4 nitrogen and oxygen atoms in total. The minimum absolute atomic E-state index is 0.0465. The fourth-order valence-corrected chi connectivity index (χ4v) is 4.08. The van der Waals surface area contributed by atoms with Gasteiger partial charge in [-0.05, 0) is 56.9 Å². The van der Waals surface area contributed by atoms with Crippen molar-refractivity contribution >= 4 is 10.0 Å². The van der Waals surface area contributed by atoms with Gasteiger partial charge in [-0.15, -0.1) is 0 Å². The van der Waals surface area contributed by atoms with Crippen molar-refractivity contribution in [2.45, 2.75) is 58.4 Å². The van der Waals surface area contributed by atoms with Gasteiger partial charge in [0.15, 0.2) is 0 Å². The first-order valence-corrected chi connectivity index (χ1v) is 8.70. The van der Waals surface area contributed by atoms with E-state index in [-0.39, 0.29) is 10.3 Å². The van der Waals surface area contributed by atoms with Crippen molar-refractivity contribution in [3.05, 3.63) is 24.3 Å². The number of benzene rings is 1. The van der Waals surface area contributed by atoms with Crippen LogP contribution in [-0.4, -0.2) is 20.6 Å². The van der Waals surface area contributed by atoms with Gasteiger partial charge in [0.2, 0.25) is 10.0 Å². The fraction of sp³-hybridized carbons (Fsp3) is 0.625. The Labute approximate surface area is 129 Å². The normalized spacial score (nSPS) is 13.2. The molecule has 1 aromatic rings. The van der Waals surface area contributed by atoms with Crippen molar-refractivity contribution in [1.29, 1.82) is 0 Å². The van der Waals surface area contributed by atoms with Crippen molar-refractivity contribution < 1.29 is 13.2 Å². The van der Waals surface area contributed by atoms with E-state index in [0.29, 0.717) is 12.4 Å². The van der Waals surface area contributed by atoms with Crippen molar-refractivity contribution in [1.82, 2.24) is 4.72 Å². The van der Waals surface area contributed by atoms with Gasteiger partial charge >= 0.3 is 0 Å². The highest BCUT2D eigenvalue weighted by molar-refractivity contribution is 7.89. The molecule has 0 heterocycles. The topological polar surface area (TPSA) is 55.4 Å². The number of ether oxygens (including phenoxy) is 1. The molecule has 0 atom stereocenters. The number of nitrogens with one attached hydrogen (secondary N) is 1. The fourth-order valence-electron chi connectivity index (χ4n) is 2.67. The van der Waals surface area contributed by atoms with Crippen molar-refractivity contribution in [3.8, 4) is 5.75 Å². The van der Waals surface area contributed by atoms with Gasteiger partial charge in [-0.3, -0.25) is 0 Å². The summed E-state index contributed by atoms with van der Waals surface area (Å²) in [5, 5.41) is 0. The maximum absolute atomic E-state index is 12.5. The van der Waals surface area contributed by atoms with Crippen LogP contribution >= 0.6 is 0 Å². The Hall–Kier alpha value is -1.07. The molecule has 0 radical (unpaired) electrons. The zero-order valence-electron chi connectivity index (χ0n) is 13.9. The third-order valence-corrected chi connectivity index (χ3v) is 4.54. The molecule has 5 heteroatoms. The molecule has 0 fully saturated rings. The SMILES string of the molecule is CCOc1ccc(S(=O)(=O)NC(C)(C)CC(C)(C)C)cc1. The number of hydrogen-bond acceptors (Lipinski definition) is 3. The molecule has 0 spiro atoms. The van der Waals surface area contributed by atoms with Gasteiger partial charge in [0, 0.05) is 5.54 Å². The summed E-state index contributed by atoms with van der Waals surface area (Å²) in [6, 6.07) is 6.49. The van der Waals surface area contributed by atoms with Gasteiger partial charge in [0.1, 0.15) is 5.75 Å². The Morgan fingerprint density at radius 1 is 1.05 bits per heavy atom. The van der Waals surface area contributed by atoms with Crippen LogP contribution < -0.4 is 9.46 Å². The third kappa shape index (κ3) is 6.06. The Morgan fingerprint density at radius 3 is 2.00 bits per heavy atom. The molecule has 0 bridgehead atoms. The zero-order chi connectivity index (χ0) is 16.3. The minimum atomic E-state index is -3.53. The molecule has 1 aromatic carbocycles. The molecule has 120 valence electrons. The molecule has 21 heavy (non-hydrogen) atoms. The second kappa shape index (κ2) is 6.36. The van der Waals surface area contributed by atoms with Crippen molar-refractivity contribution in [2.75, 3.05) is 6.61 Å². The molecular formula is C16H27NO3S. The maximum Gasteiger partial charge on any atom is 0.241 e. The van der Waals surface area contributed by atoms with Gasteiger partial charge in [0.05, 0.1) is 11.5 Å². The highest BCUT2D eigenvalue weighted by atomic mass is 32.2. The first-order chi connectivity index (χ1) is 9.45.